The summed E-state index contributed by atoms with van der Waals surface area (Å²) < 4.78 is 3.73. The van der Waals surface area contributed by atoms with E-state index in [1.165, 1.54) is 0 Å². The van der Waals surface area contributed by atoms with E-state index in [1.807, 2.05) is 48.1 Å². The van der Waals surface area contributed by atoms with Crippen molar-refractivity contribution in [2.24, 2.45) is 4.99 Å². The van der Waals surface area contributed by atoms with Crippen molar-refractivity contribution >= 4 is 5.96 Å². The van der Waals surface area contributed by atoms with Gasteiger partial charge < -0.3 is 10.6 Å². The third kappa shape index (κ3) is 5.03. The van der Waals surface area contributed by atoms with Crippen LogP contribution in [-0.4, -0.2) is 37.0 Å². The molecule has 0 unspecified atom stereocenters. The van der Waals surface area contributed by atoms with Gasteiger partial charge >= 0.3 is 0 Å². The van der Waals surface area contributed by atoms with Gasteiger partial charge in [0, 0.05) is 37.4 Å². The third-order valence-corrected chi connectivity index (χ3v) is 4.99. The van der Waals surface area contributed by atoms with Crippen molar-refractivity contribution in [1.29, 1.82) is 0 Å². The number of benzene rings is 1. The molecule has 164 valence electrons. The fourth-order valence-corrected chi connectivity index (χ4v) is 3.52. The third-order valence-electron chi connectivity index (χ3n) is 4.99. The predicted molar refractivity (Wildman–Crippen MR) is 126 cm³/mol. The van der Waals surface area contributed by atoms with Crippen molar-refractivity contribution in [2.75, 3.05) is 6.54 Å². The summed E-state index contributed by atoms with van der Waals surface area (Å²) in [6, 6.07) is 16.2. The van der Waals surface area contributed by atoms with Gasteiger partial charge in [0.2, 0.25) is 0 Å². The predicted octanol–water partition coefficient (Wildman–Crippen LogP) is 3.33. The van der Waals surface area contributed by atoms with Crippen LogP contribution in [0.25, 0.3) is 11.5 Å². The highest BCUT2D eigenvalue weighted by Crippen LogP contribution is 2.17. The Morgan fingerprint density at radius 2 is 1.91 bits per heavy atom. The van der Waals surface area contributed by atoms with Crippen LogP contribution in [-0.2, 0) is 13.1 Å². The molecule has 3 aromatic heterocycles. The number of pyridine rings is 1. The molecule has 3 heterocycles. The summed E-state index contributed by atoms with van der Waals surface area (Å²) in [5.41, 5.74) is 5.40. The Labute approximate surface area is 188 Å². The fourth-order valence-electron chi connectivity index (χ4n) is 3.52. The fraction of sp³-hybridized carbons (Fsp3) is 0.250. The molecule has 0 fully saturated rings. The van der Waals surface area contributed by atoms with Crippen LogP contribution in [0.3, 0.4) is 0 Å². The standard InChI is InChI=1S/C24H28N8/c1-4-25-24(27-16-20-10-12-26-23(15-20)31-13-7-11-29-31)28-17-21-8-5-6-9-22(21)32-19(3)14-18(2)30-32/h5-15H,4,16-17H2,1-3H3,(H2,25,27,28). The van der Waals surface area contributed by atoms with E-state index in [2.05, 4.69) is 57.9 Å². The number of guanidine groups is 1. The molecule has 32 heavy (non-hydrogen) atoms. The Bertz CT molecular complexity index is 1190. The van der Waals surface area contributed by atoms with Gasteiger partial charge in [-0.25, -0.2) is 19.3 Å². The average Bonchev–Trinajstić information content (AvgIpc) is 3.46. The topological polar surface area (TPSA) is 85.0 Å². The van der Waals surface area contributed by atoms with E-state index in [9.17, 15) is 0 Å². The van der Waals surface area contributed by atoms with E-state index >= 15 is 0 Å². The van der Waals surface area contributed by atoms with Gasteiger partial charge in [0.25, 0.3) is 0 Å². The highest BCUT2D eigenvalue weighted by Gasteiger charge is 2.09. The van der Waals surface area contributed by atoms with E-state index in [0.29, 0.717) is 13.1 Å². The zero-order chi connectivity index (χ0) is 22.3. The molecule has 0 saturated carbocycles. The molecule has 2 N–H and O–H groups in total. The van der Waals surface area contributed by atoms with Gasteiger partial charge in [-0.3, -0.25) is 0 Å². The quantitative estimate of drug-likeness (QED) is 0.348. The van der Waals surface area contributed by atoms with Crippen molar-refractivity contribution in [3.8, 4) is 11.5 Å². The molecule has 4 aromatic rings. The largest absolute Gasteiger partial charge is 0.357 e. The minimum Gasteiger partial charge on any atom is -0.357 e. The van der Waals surface area contributed by atoms with Gasteiger partial charge in [-0.05, 0) is 62.2 Å². The molecule has 0 aliphatic rings. The molecule has 0 saturated heterocycles. The number of aryl methyl sites for hydroxylation is 2. The Morgan fingerprint density at radius 3 is 2.66 bits per heavy atom. The van der Waals surface area contributed by atoms with Crippen molar-refractivity contribution in [3.63, 3.8) is 0 Å². The number of hydrogen-bond acceptors (Lipinski definition) is 4. The molecule has 1 aromatic carbocycles. The summed E-state index contributed by atoms with van der Waals surface area (Å²) >= 11 is 0. The van der Waals surface area contributed by atoms with Crippen molar-refractivity contribution in [1.82, 2.24) is 35.2 Å². The Balaban J connectivity index is 1.49. The van der Waals surface area contributed by atoms with E-state index in [1.54, 1.807) is 17.1 Å². The lowest BCUT2D eigenvalue weighted by Gasteiger charge is -2.15. The van der Waals surface area contributed by atoms with Crippen LogP contribution in [0.5, 0.6) is 0 Å². The minimum atomic E-state index is 0.533. The number of nitrogens with zero attached hydrogens (tertiary/aromatic N) is 6. The van der Waals surface area contributed by atoms with Crippen molar-refractivity contribution < 1.29 is 0 Å². The molecule has 0 atom stereocenters. The first-order valence-corrected chi connectivity index (χ1v) is 10.7. The molecular weight excluding hydrogens is 400 g/mol. The number of nitrogens with one attached hydrogen (secondary N) is 2. The summed E-state index contributed by atoms with van der Waals surface area (Å²) in [6.07, 6.45) is 5.40. The maximum absolute atomic E-state index is 4.76. The van der Waals surface area contributed by atoms with Crippen molar-refractivity contribution in [2.45, 2.75) is 33.9 Å². The summed E-state index contributed by atoms with van der Waals surface area (Å²) in [5.74, 6) is 1.53. The molecule has 0 bridgehead atoms. The second kappa shape index (κ2) is 9.91. The highest BCUT2D eigenvalue weighted by molar-refractivity contribution is 5.79. The van der Waals surface area contributed by atoms with Gasteiger partial charge in [0.1, 0.15) is 0 Å². The Kier molecular flexibility index (Phi) is 6.60. The monoisotopic (exact) mass is 428 g/mol. The molecule has 8 heteroatoms. The van der Waals surface area contributed by atoms with E-state index in [4.69, 9.17) is 4.99 Å². The molecule has 4 rings (SSSR count). The molecule has 0 spiro atoms. The molecule has 0 aliphatic carbocycles. The smallest absolute Gasteiger partial charge is 0.191 e. The first-order chi connectivity index (χ1) is 15.6. The van der Waals surface area contributed by atoms with E-state index in [0.717, 1.165) is 46.5 Å². The van der Waals surface area contributed by atoms with Crippen LogP contribution in [0.4, 0.5) is 0 Å². The summed E-state index contributed by atoms with van der Waals surface area (Å²) in [7, 11) is 0. The number of rotatable bonds is 7. The lowest BCUT2D eigenvalue weighted by Crippen LogP contribution is -2.37. The number of hydrogen-bond donors (Lipinski definition) is 2. The van der Waals surface area contributed by atoms with Crippen molar-refractivity contribution in [3.05, 3.63) is 89.6 Å². The van der Waals surface area contributed by atoms with E-state index in [-0.39, 0.29) is 0 Å². The first-order valence-electron chi connectivity index (χ1n) is 10.7. The lowest BCUT2D eigenvalue weighted by molar-refractivity contribution is 0.783. The molecular formula is C24H28N8. The summed E-state index contributed by atoms with van der Waals surface area (Å²) in [5, 5.41) is 15.7. The average molecular weight is 429 g/mol. The lowest BCUT2D eigenvalue weighted by atomic mass is 10.1. The number of aromatic nitrogens is 5. The second-order valence-corrected chi connectivity index (χ2v) is 7.49. The van der Waals surface area contributed by atoms with Crippen LogP contribution in [0.2, 0.25) is 0 Å². The normalized spacial score (nSPS) is 11.5. The van der Waals surface area contributed by atoms with Crippen LogP contribution >= 0.6 is 0 Å². The first kappa shape index (κ1) is 21.3. The van der Waals surface area contributed by atoms with Crippen LogP contribution in [0.15, 0.2) is 72.1 Å². The van der Waals surface area contributed by atoms with Gasteiger partial charge in [0.05, 0.1) is 17.9 Å². The highest BCUT2D eigenvalue weighted by atomic mass is 15.3. The summed E-state index contributed by atoms with van der Waals surface area (Å²) in [4.78, 5) is 9.14. The second-order valence-electron chi connectivity index (χ2n) is 7.49. The Morgan fingerprint density at radius 1 is 1.03 bits per heavy atom. The summed E-state index contributed by atoms with van der Waals surface area (Å²) in [6.45, 7) is 8.09. The minimum absolute atomic E-state index is 0.533. The maximum atomic E-state index is 4.76. The molecule has 0 radical (unpaired) electrons. The number of para-hydroxylation sites is 1. The maximum Gasteiger partial charge on any atom is 0.191 e. The molecule has 0 aliphatic heterocycles. The van der Waals surface area contributed by atoms with Gasteiger partial charge in [0.15, 0.2) is 11.8 Å². The van der Waals surface area contributed by atoms with Gasteiger partial charge in [-0.15, -0.1) is 0 Å². The van der Waals surface area contributed by atoms with Gasteiger partial charge in [-0.2, -0.15) is 10.2 Å². The molecule has 8 nitrogen and oxygen atoms in total. The zero-order valence-electron chi connectivity index (χ0n) is 18.7. The Hall–Kier alpha value is -3.94. The van der Waals surface area contributed by atoms with Gasteiger partial charge in [-0.1, -0.05) is 18.2 Å². The zero-order valence-corrected chi connectivity index (χ0v) is 18.7. The van der Waals surface area contributed by atoms with Crippen LogP contribution in [0, 0.1) is 13.8 Å². The molecule has 0 amide bonds. The SMILES string of the molecule is CCNC(=NCc1ccnc(-n2cccn2)c1)NCc1ccccc1-n1nc(C)cc1C. The van der Waals surface area contributed by atoms with E-state index < -0.39 is 0 Å². The number of aliphatic imine (C=N–C) groups is 1. The van der Waals surface area contributed by atoms with Crippen LogP contribution in [0.1, 0.15) is 29.4 Å². The van der Waals surface area contributed by atoms with Crippen LogP contribution < -0.4 is 10.6 Å².